The lowest BCUT2D eigenvalue weighted by atomic mass is 10.3. The molecule has 0 aromatic heterocycles. The van der Waals surface area contributed by atoms with E-state index in [0.717, 1.165) is 12.1 Å². The molecule has 0 unspecified atom stereocenters. The van der Waals surface area contributed by atoms with Crippen molar-refractivity contribution in [1.29, 1.82) is 0 Å². The Morgan fingerprint density at radius 3 is 2.67 bits per heavy atom. The van der Waals surface area contributed by atoms with E-state index in [1.807, 2.05) is 0 Å². The van der Waals surface area contributed by atoms with Crippen LogP contribution in [0.15, 0.2) is 36.4 Å². The first-order chi connectivity index (χ1) is 7.08. The molecular formula is C10H8FNO3. The summed E-state index contributed by atoms with van der Waals surface area (Å²) in [5.41, 5.74) is 0.273. The number of halogens is 1. The Hall–Kier alpha value is -2.17. The molecule has 1 aromatic carbocycles. The number of hydrogen-bond donors (Lipinski definition) is 2. The molecule has 78 valence electrons. The average Bonchev–Trinajstić information content (AvgIpc) is 2.15. The molecule has 0 aliphatic heterocycles. The lowest BCUT2D eigenvalue weighted by Crippen LogP contribution is -2.08. The van der Waals surface area contributed by atoms with Crippen LogP contribution < -0.4 is 5.32 Å². The van der Waals surface area contributed by atoms with Gasteiger partial charge >= 0.3 is 5.97 Å². The smallest absolute Gasteiger partial charge is 0.328 e. The van der Waals surface area contributed by atoms with E-state index in [0.29, 0.717) is 6.08 Å². The van der Waals surface area contributed by atoms with Gasteiger partial charge in [-0.2, -0.15) is 0 Å². The molecule has 0 radical (unpaired) electrons. The summed E-state index contributed by atoms with van der Waals surface area (Å²) in [7, 11) is 0. The lowest BCUT2D eigenvalue weighted by molar-refractivity contribution is -0.131. The Morgan fingerprint density at radius 1 is 1.33 bits per heavy atom. The molecular weight excluding hydrogens is 201 g/mol. The number of hydrogen-bond acceptors (Lipinski definition) is 2. The van der Waals surface area contributed by atoms with Gasteiger partial charge in [0.1, 0.15) is 5.82 Å². The SMILES string of the molecule is O=C(O)/C=C/C(=O)Nc1cccc(F)c1. The molecule has 0 aliphatic carbocycles. The van der Waals surface area contributed by atoms with Crippen LogP contribution in [0.1, 0.15) is 0 Å². The summed E-state index contributed by atoms with van der Waals surface area (Å²) >= 11 is 0. The highest BCUT2D eigenvalue weighted by Crippen LogP contribution is 2.08. The van der Waals surface area contributed by atoms with Gasteiger partial charge in [-0.3, -0.25) is 4.79 Å². The van der Waals surface area contributed by atoms with Crippen LogP contribution in [0.3, 0.4) is 0 Å². The van der Waals surface area contributed by atoms with Gasteiger partial charge in [0.05, 0.1) is 0 Å². The number of nitrogens with one attached hydrogen (secondary N) is 1. The molecule has 1 amide bonds. The number of aliphatic carboxylic acids is 1. The molecule has 5 heteroatoms. The third-order valence-electron chi connectivity index (χ3n) is 1.47. The Morgan fingerprint density at radius 2 is 2.07 bits per heavy atom. The Balaban J connectivity index is 2.63. The van der Waals surface area contributed by atoms with Crippen molar-refractivity contribution in [2.75, 3.05) is 5.32 Å². The van der Waals surface area contributed by atoms with E-state index < -0.39 is 17.7 Å². The first-order valence-corrected chi connectivity index (χ1v) is 4.05. The van der Waals surface area contributed by atoms with Crippen LogP contribution in [-0.4, -0.2) is 17.0 Å². The van der Waals surface area contributed by atoms with E-state index in [9.17, 15) is 14.0 Å². The number of benzene rings is 1. The number of amides is 1. The molecule has 1 aromatic rings. The number of anilines is 1. The molecule has 4 nitrogen and oxygen atoms in total. The zero-order valence-corrected chi connectivity index (χ0v) is 7.61. The zero-order valence-electron chi connectivity index (χ0n) is 7.61. The van der Waals surface area contributed by atoms with Crippen LogP contribution in [0.4, 0.5) is 10.1 Å². The normalized spacial score (nSPS) is 10.2. The third kappa shape index (κ3) is 4.04. The van der Waals surface area contributed by atoms with E-state index in [2.05, 4.69) is 5.32 Å². The molecule has 0 aliphatic rings. The molecule has 0 spiro atoms. The largest absolute Gasteiger partial charge is 0.478 e. The van der Waals surface area contributed by atoms with Crippen LogP contribution >= 0.6 is 0 Å². The van der Waals surface area contributed by atoms with Crippen molar-refractivity contribution in [3.05, 3.63) is 42.2 Å². The Labute approximate surface area is 85.0 Å². The highest BCUT2D eigenvalue weighted by Gasteiger charge is 1.99. The summed E-state index contributed by atoms with van der Waals surface area (Å²) in [6.45, 7) is 0. The second-order valence-electron chi connectivity index (χ2n) is 2.67. The molecule has 1 rings (SSSR count). The Bertz CT molecular complexity index is 415. The van der Waals surface area contributed by atoms with E-state index in [4.69, 9.17) is 5.11 Å². The molecule has 0 bridgehead atoms. The predicted octanol–water partition coefficient (Wildman–Crippen LogP) is 1.40. The number of carbonyl (C=O) groups is 2. The quantitative estimate of drug-likeness (QED) is 0.739. The van der Waals surface area contributed by atoms with Crippen molar-refractivity contribution in [2.45, 2.75) is 0 Å². The van der Waals surface area contributed by atoms with Crippen molar-refractivity contribution in [3.63, 3.8) is 0 Å². The molecule has 0 saturated carbocycles. The minimum absolute atomic E-state index is 0.273. The van der Waals surface area contributed by atoms with E-state index in [1.54, 1.807) is 0 Å². The summed E-state index contributed by atoms with van der Waals surface area (Å²) in [6, 6.07) is 5.30. The molecule has 2 N–H and O–H groups in total. The first kappa shape index (κ1) is 10.9. The second-order valence-corrected chi connectivity index (χ2v) is 2.67. The van der Waals surface area contributed by atoms with Gasteiger partial charge in [-0.15, -0.1) is 0 Å². The van der Waals surface area contributed by atoms with Crippen molar-refractivity contribution in [1.82, 2.24) is 0 Å². The number of rotatable bonds is 3. The average molecular weight is 209 g/mol. The van der Waals surface area contributed by atoms with Gasteiger partial charge in [-0.05, 0) is 18.2 Å². The van der Waals surface area contributed by atoms with Crippen LogP contribution in [0.5, 0.6) is 0 Å². The first-order valence-electron chi connectivity index (χ1n) is 4.05. The summed E-state index contributed by atoms with van der Waals surface area (Å²) in [5.74, 6) is -2.32. The van der Waals surface area contributed by atoms with Gasteiger partial charge in [-0.25, -0.2) is 9.18 Å². The zero-order chi connectivity index (χ0) is 11.3. The van der Waals surface area contributed by atoms with E-state index in [1.165, 1.54) is 18.2 Å². The van der Waals surface area contributed by atoms with Crippen LogP contribution in [-0.2, 0) is 9.59 Å². The summed E-state index contributed by atoms with van der Waals surface area (Å²) in [6.07, 6.45) is 1.56. The Kier molecular flexibility index (Phi) is 3.56. The maximum Gasteiger partial charge on any atom is 0.328 e. The molecule has 0 heterocycles. The van der Waals surface area contributed by atoms with Gasteiger partial charge in [0.15, 0.2) is 0 Å². The van der Waals surface area contributed by atoms with E-state index >= 15 is 0 Å². The standard InChI is InChI=1S/C10H8FNO3/c11-7-2-1-3-8(6-7)12-9(13)4-5-10(14)15/h1-6H,(H,12,13)(H,14,15)/b5-4+. The molecule has 15 heavy (non-hydrogen) atoms. The number of carboxylic acids is 1. The van der Waals surface area contributed by atoms with Crippen molar-refractivity contribution < 1.29 is 19.1 Å². The topological polar surface area (TPSA) is 66.4 Å². The number of carbonyl (C=O) groups excluding carboxylic acids is 1. The van der Waals surface area contributed by atoms with Gasteiger partial charge in [0, 0.05) is 17.8 Å². The second kappa shape index (κ2) is 4.90. The highest BCUT2D eigenvalue weighted by molar-refractivity contribution is 6.02. The molecule has 0 atom stereocenters. The summed E-state index contributed by atoms with van der Waals surface area (Å²) in [4.78, 5) is 21.1. The minimum atomic E-state index is -1.22. The summed E-state index contributed by atoms with van der Waals surface area (Å²) in [5, 5.41) is 10.6. The molecule has 0 fully saturated rings. The molecule has 0 saturated heterocycles. The van der Waals surface area contributed by atoms with E-state index in [-0.39, 0.29) is 5.69 Å². The predicted molar refractivity (Wildman–Crippen MR) is 51.8 cm³/mol. The highest BCUT2D eigenvalue weighted by atomic mass is 19.1. The number of carboxylic acid groups (broad SMARTS) is 1. The van der Waals surface area contributed by atoms with Gasteiger partial charge in [-0.1, -0.05) is 6.07 Å². The summed E-state index contributed by atoms with van der Waals surface area (Å²) < 4.78 is 12.7. The minimum Gasteiger partial charge on any atom is -0.478 e. The van der Waals surface area contributed by atoms with Crippen LogP contribution in [0.2, 0.25) is 0 Å². The van der Waals surface area contributed by atoms with Crippen molar-refractivity contribution in [3.8, 4) is 0 Å². The fourth-order valence-electron chi connectivity index (χ4n) is 0.897. The van der Waals surface area contributed by atoms with Crippen molar-refractivity contribution >= 4 is 17.6 Å². The fraction of sp³-hybridized carbons (Fsp3) is 0. The van der Waals surface area contributed by atoms with Gasteiger partial charge in [0.25, 0.3) is 0 Å². The monoisotopic (exact) mass is 209 g/mol. The van der Waals surface area contributed by atoms with Gasteiger partial charge < -0.3 is 10.4 Å². The lowest BCUT2D eigenvalue weighted by Gasteiger charge is -2.00. The fourth-order valence-corrected chi connectivity index (χ4v) is 0.897. The van der Waals surface area contributed by atoms with Gasteiger partial charge in [0.2, 0.25) is 5.91 Å². The third-order valence-corrected chi connectivity index (χ3v) is 1.47. The maximum atomic E-state index is 12.7. The van der Waals surface area contributed by atoms with Crippen LogP contribution in [0, 0.1) is 5.82 Å². The van der Waals surface area contributed by atoms with Crippen LogP contribution in [0.25, 0.3) is 0 Å². The maximum absolute atomic E-state index is 12.7. The van der Waals surface area contributed by atoms with Crippen molar-refractivity contribution in [2.24, 2.45) is 0 Å².